The first-order valence-electron chi connectivity index (χ1n) is 9.85. The fourth-order valence-corrected chi connectivity index (χ4v) is 3.46. The Morgan fingerprint density at radius 3 is 2.77 bits per heavy atom. The number of ether oxygens (including phenoxy) is 1. The van der Waals surface area contributed by atoms with Crippen LogP contribution in [0.4, 0.5) is 0 Å². The Bertz CT molecular complexity index is 1190. The number of nitrogens with zero attached hydrogens (tertiary/aromatic N) is 3. The summed E-state index contributed by atoms with van der Waals surface area (Å²) in [6.45, 7) is 6.18. The SMILES string of the molecule is Cc1nn(C)c2nc(-c3ccco3)cc(C(=O)NCc3ccccc3OC(C)C)c12. The zero-order valence-corrected chi connectivity index (χ0v) is 17.5. The van der Waals surface area contributed by atoms with Crippen molar-refractivity contribution in [2.24, 2.45) is 7.05 Å². The molecule has 0 saturated carbocycles. The molecule has 0 unspecified atom stereocenters. The minimum atomic E-state index is -0.203. The maximum Gasteiger partial charge on any atom is 0.252 e. The van der Waals surface area contributed by atoms with Crippen molar-refractivity contribution in [1.29, 1.82) is 0 Å². The van der Waals surface area contributed by atoms with Gasteiger partial charge < -0.3 is 14.5 Å². The Hall–Kier alpha value is -3.61. The fourth-order valence-electron chi connectivity index (χ4n) is 3.46. The molecule has 154 valence electrons. The van der Waals surface area contributed by atoms with Crippen LogP contribution in [0.3, 0.4) is 0 Å². The Kier molecular flexibility index (Phi) is 5.27. The van der Waals surface area contributed by atoms with Crippen LogP contribution in [0.2, 0.25) is 0 Å². The molecule has 0 fully saturated rings. The second-order valence-corrected chi connectivity index (χ2v) is 7.40. The first kappa shape index (κ1) is 19.7. The first-order valence-corrected chi connectivity index (χ1v) is 9.85. The van der Waals surface area contributed by atoms with E-state index in [0.717, 1.165) is 22.4 Å². The van der Waals surface area contributed by atoms with Crippen molar-refractivity contribution in [3.63, 3.8) is 0 Å². The zero-order chi connectivity index (χ0) is 21.3. The zero-order valence-electron chi connectivity index (χ0n) is 17.5. The van der Waals surface area contributed by atoms with E-state index in [9.17, 15) is 4.79 Å². The number of aromatic nitrogens is 3. The minimum absolute atomic E-state index is 0.0515. The smallest absolute Gasteiger partial charge is 0.252 e. The number of carbonyl (C=O) groups is 1. The number of pyridine rings is 1. The van der Waals surface area contributed by atoms with Gasteiger partial charge in [-0.2, -0.15) is 5.10 Å². The highest BCUT2D eigenvalue weighted by Crippen LogP contribution is 2.27. The first-order chi connectivity index (χ1) is 14.4. The molecule has 0 aliphatic rings. The Labute approximate surface area is 174 Å². The third-order valence-corrected chi connectivity index (χ3v) is 4.76. The summed E-state index contributed by atoms with van der Waals surface area (Å²) in [6.07, 6.45) is 1.64. The van der Waals surface area contributed by atoms with Gasteiger partial charge in [-0.05, 0) is 45.0 Å². The molecule has 4 aromatic rings. The van der Waals surface area contributed by atoms with Crippen LogP contribution in [0.1, 0.15) is 35.5 Å². The lowest BCUT2D eigenvalue weighted by atomic mass is 10.1. The van der Waals surface area contributed by atoms with Crippen LogP contribution in [0.5, 0.6) is 5.75 Å². The second kappa shape index (κ2) is 8.02. The fraction of sp³-hybridized carbons (Fsp3) is 0.261. The van der Waals surface area contributed by atoms with Gasteiger partial charge in [-0.1, -0.05) is 18.2 Å². The second-order valence-electron chi connectivity index (χ2n) is 7.40. The molecule has 1 aromatic carbocycles. The molecule has 3 aromatic heterocycles. The van der Waals surface area contributed by atoms with Crippen molar-refractivity contribution in [1.82, 2.24) is 20.1 Å². The Balaban J connectivity index is 1.68. The Morgan fingerprint density at radius 2 is 2.03 bits per heavy atom. The molecule has 3 heterocycles. The molecule has 0 saturated heterocycles. The van der Waals surface area contributed by atoms with Crippen LogP contribution in [0.25, 0.3) is 22.5 Å². The molecule has 1 N–H and O–H groups in total. The molecule has 0 bridgehead atoms. The number of para-hydroxylation sites is 1. The molecule has 7 heteroatoms. The number of hydrogen-bond donors (Lipinski definition) is 1. The van der Waals surface area contributed by atoms with E-state index in [2.05, 4.69) is 15.4 Å². The van der Waals surface area contributed by atoms with Crippen molar-refractivity contribution in [3.05, 3.63) is 65.5 Å². The summed E-state index contributed by atoms with van der Waals surface area (Å²) in [5, 5.41) is 8.19. The number of hydrogen-bond acceptors (Lipinski definition) is 5. The number of benzene rings is 1. The van der Waals surface area contributed by atoms with Crippen molar-refractivity contribution < 1.29 is 13.9 Å². The molecule has 0 atom stereocenters. The molecule has 4 rings (SSSR count). The van der Waals surface area contributed by atoms with Gasteiger partial charge in [0.2, 0.25) is 0 Å². The van der Waals surface area contributed by atoms with Crippen LogP contribution in [-0.2, 0) is 13.6 Å². The van der Waals surface area contributed by atoms with Gasteiger partial charge in [0.05, 0.1) is 29.0 Å². The lowest BCUT2D eigenvalue weighted by Crippen LogP contribution is -2.24. The van der Waals surface area contributed by atoms with Crippen LogP contribution < -0.4 is 10.1 Å². The minimum Gasteiger partial charge on any atom is -0.491 e. The number of carbonyl (C=O) groups excluding carboxylic acids is 1. The predicted octanol–water partition coefficient (Wildman–Crippen LogP) is 4.25. The van der Waals surface area contributed by atoms with Gasteiger partial charge in [-0.3, -0.25) is 9.48 Å². The highest BCUT2D eigenvalue weighted by Gasteiger charge is 2.20. The van der Waals surface area contributed by atoms with Crippen molar-refractivity contribution in [3.8, 4) is 17.2 Å². The quantitative estimate of drug-likeness (QED) is 0.519. The van der Waals surface area contributed by atoms with E-state index in [1.165, 1.54) is 0 Å². The normalized spacial score (nSPS) is 11.2. The van der Waals surface area contributed by atoms with Gasteiger partial charge in [-0.15, -0.1) is 0 Å². The third-order valence-electron chi connectivity index (χ3n) is 4.76. The van der Waals surface area contributed by atoms with Crippen LogP contribution in [-0.4, -0.2) is 26.8 Å². The highest BCUT2D eigenvalue weighted by molar-refractivity contribution is 6.07. The summed E-state index contributed by atoms with van der Waals surface area (Å²) < 4.78 is 13.0. The van der Waals surface area contributed by atoms with Crippen LogP contribution in [0, 0.1) is 6.92 Å². The van der Waals surface area contributed by atoms with Gasteiger partial charge in [0.25, 0.3) is 5.91 Å². The maximum atomic E-state index is 13.2. The van der Waals surface area contributed by atoms with Crippen LogP contribution >= 0.6 is 0 Å². The average molecular weight is 404 g/mol. The molecular formula is C23H24N4O3. The molecule has 0 radical (unpaired) electrons. The molecule has 0 aliphatic heterocycles. The third kappa shape index (κ3) is 3.78. The van der Waals surface area contributed by atoms with Gasteiger partial charge >= 0.3 is 0 Å². The maximum absolute atomic E-state index is 13.2. The van der Waals surface area contributed by atoms with Gasteiger partial charge in [0.15, 0.2) is 11.4 Å². The van der Waals surface area contributed by atoms with E-state index in [1.54, 1.807) is 23.1 Å². The number of nitrogens with one attached hydrogen (secondary N) is 1. The number of furan rings is 1. The number of rotatable bonds is 6. The van der Waals surface area contributed by atoms with Gasteiger partial charge in [0, 0.05) is 19.2 Å². The van der Waals surface area contributed by atoms with Crippen molar-refractivity contribution in [2.75, 3.05) is 0 Å². The lowest BCUT2D eigenvalue weighted by molar-refractivity contribution is 0.0952. The van der Waals surface area contributed by atoms with E-state index in [4.69, 9.17) is 9.15 Å². The number of aryl methyl sites for hydroxylation is 2. The lowest BCUT2D eigenvalue weighted by Gasteiger charge is -2.15. The van der Waals surface area contributed by atoms with Gasteiger partial charge in [0.1, 0.15) is 11.4 Å². The van der Waals surface area contributed by atoms with Crippen molar-refractivity contribution in [2.45, 2.75) is 33.4 Å². The summed E-state index contributed by atoms with van der Waals surface area (Å²) in [6, 6.07) is 13.1. The molecule has 30 heavy (non-hydrogen) atoms. The van der Waals surface area contributed by atoms with E-state index in [-0.39, 0.29) is 12.0 Å². The highest BCUT2D eigenvalue weighted by atomic mass is 16.5. The predicted molar refractivity (Wildman–Crippen MR) is 114 cm³/mol. The average Bonchev–Trinajstić information content (AvgIpc) is 3.35. The summed E-state index contributed by atoms with van der Waals surface area (Å²) in [7, 11) is 1.81. The van der Waals surface area contributed by atoms with E-state index in [0.29, 0.717) is 29.2 Å². The summed E-state index contributed by atoms with van der Waals surface area (Å²) >= 11 is 0. The summed E-state index contributed by atoms with van der Waals surface area (Å²) in [4.78, 5) is 17.9. The molecule has 1 amide bonds. The van der Waals surface area contributed by atoms with Crippen molar-refractivity contribution >= 4 is 16.9 Å². The molecule has 7 nitrogen and oxygen atoms in total. The summed E-state index contributed by atoms with van der Waals surface area (Å²) in [5.41, 5.74) is 3.40. The summed E-state index contributed by atoms with van der Waals surface area (Å²) in [5.74, 6) is 1.16. The largest absolute Gasteiger partial charge is 0.491 e. The standard InChI is InChI=1S/C23H24N4O3/c1-14(2)30-19-9-6-5-8-16(19)13-24-23(28)17-12-18(20-10-7-11-29-20)25-22-21(17)15(3)26-27(22)4/h5-12,14H,13H2,1-4H3,(H,24,28). The molecular weight excluding hydrogens is 380 g/mol. The monoisotopic (exact) mass is 404 g/mol. The van der Waals surface area contributed by atoms with Gasteiger partial charge in [-0.25, -0.2) is 4.98 Å². The number of amides is 1. The van der Waals surface area contributed by atoms with E-state index in [1.807, 2.05) is 58.2 Å². The number of fused-ring (bicyclic) bond motifs is 1. The Morgan fingerprint density at radius 1 is 1.23 bits per heavy atom. The molecule has 0 aliphatic carbocycles. The van der Waals surface area contributed by atoms with E-state index >= 15 is 0 Å². The van der Waals surface area contributed by atoms with Crippen LogP contribution in [0.15, 0.2) is 53.1 Å². The topological polar surface area (TPSA) is 82.2 Å². The molecule has 0 spiro atoms. The van der Waals surface area contributed by atoms with E-state index < -0.39 is 0 Å².